The summed E-state index contributed by atoms with van der Waals surface area (Å²) < 4.78 is 35.7. The summed E-state index contributed by atoms with van der Waals surface area (Å²) in [5, 5.41) is 11.0. The van der Waals surface area contributed by atoms with Gasteiger partial charge in [-0.1, -0.05) is 65.5 Å². The number of piperazine rings is 1. The van der Waals surface area contributed by atoms with Gasteiger partial charge in [0.05, 0.1) is 30.3 Å². The topological polar surface area (TPSA) is 120 Å². The SMILES string of the molecule is CCOc1cc(Cl)c(S(=O)(=O)N2CCCCC2)cc1C1(C(=O)N2CCNC(=O)C2)N[C@H](c2ccc(Cl)cc2)[C@H](c2ccc(Cl)cc2)N1. The van der Waals surface area contributed by atoms with Gasteiger partial charge >= 0.3 is 0 Å². The Balaban J connectivity index is 1.57. The molecule has 0 radical (unpaired) electrons. The monoisotopic (exact) mass is 719 g/mol. The molecule has 250 valence electrons. The zero-order valence-corrected chi connectivity index (χ0v) is 28.9. The molecule has 0 bridgehead atoms. The Bertz CT molecular complexity index is 1700. The van der Waals surface area contributed by atoms with Crippen molar-refractivity contribution in [2.45, 2.75) is 48.8 Å². The van der Waals surface area contributed by atoms with Crippen LogP contribution in [0, 0.1) is 0 Å². The van der Waals surface area contributed by atoms with Crippen molar-refractivity contribution >= 4 is 56.6 Å². The van der Waals surface area contributed by atoms with Crippen LogP contribution in [0.4, 0.5) is 0 Å². The third-order valence-corrected chi connectivity index (χ3v) is 11.7. The van der Waals surface area contributed by atoms with Gasteiger partial charge in [-0.05, 0) is 61.2 Å². The maximum absolute atomic E-state index is 15.0. The molecule has 0 aromatic heterocycles. The van der Waals surface area contributed by atoms with Crippen LogP contribution in [0.2, 0.25) is 15.1 Å². The molecule has 1 unspecified atom stereocenters. The number of benzene rings is 3. The molecule has 3 saturated heterocycles. The van der Waals surface area contributed by atoms with Gasteiger partial charge in [-0.15, -0.1) is 0 Å². The normalized spacial score (nSPS) is 23.8. The highest BCUT2D eigenvalue weighted by molar-refractivity contribution is 7.89. The molecule has 3 aromatic carbocycles. The predicted octanol–water partition coefficient (Wildman–Crippen LogP) is 5.01. The fraction of sp³-hybridized carbons (Fsp3) is 0.394. The zero-order chi connectivity index (χ0) is 33.3. The summed E-state index contributed by atoms with van der Waals surface area (Å²) in [6, 6.07) is 16.4. The van der Waals surface area contributed by atoms with Gasteiger partial charge in [-0.25, -0.2) is 8.42 Å². The highest BCUT2D eigenvalue weighted by Gasteiger charge is 2.55. The van der Waals surface area contributed by atoms with Crippen LogP contribution in [-0.4, -0.2) is 68.8 Å². The van der Waals surface area contributed by atoms with E-state index in [4.69, 9.17) is 39.5 Å². The molecule has 0 spiro atoms. The number of carbonyl (C=O) groups excluding carboxylic acids is 2. The third kappa shape index (κ3) is 6.72. The number of ether oxygens (including phenoxy) is 1. The van der Waals surface area contributed by atoms with E-state index in [1.165, 1.54) is 21.3 Å². The Hall–Kier alpha value is -2.90. The van der Waals surface area contributed by atoms with E-state index in [9.17, 15) is 18.0 Å². The molecular formula is C33H36Cl3N5O5S. The fourth-order valence-electron chi connectivity index (χ4n) is 6.56. The van der Waals surface area contributed by atoms with Gasteiger partial charge < -0.3 is 15.0 Å². The highest BCUT2D eigenvalue weighted by atomic mass is 35.5. The number of carbonyl (C=O) groups is 2. The molecule has 3 N–H and O–H groups in total. The summed E-state index contributed by atoms with van der Waals surface area (Å²) in [5.74, 6) is -0.528. The van der Waals surface area contributed by atoms with E-state index in [0.717, 1.165) is 30.4 Å². The van der Waals surface area contributed by atoms with Gasteiger partial charge in [-0.2, -0.15) is 4.31 Å². The minimum atomic E-state index is -4.03. The van der Waals surface area contributed by atoms with E-state index >= 15 is 0 Å². The van der Waals surface area contributed by atoms with Crippen molar-refractivity contribution in [3.05, 3.63) is 92.4 Å². The van der Waals surface area contributed by atoms with Gasteiger partial charge in [0.15, 0.2) is 5.66 Å². The van der Waals surface area contributed by atoms with Crippen molar-refractivity contribution < 1.29 is 22.7 Å². The maximum Gasteiger partial charge on any atom is 0.263 e. The summed E-state index contributed by atoms with van der Waals surface area (Å²) in [6.45, 7) is 3.13. The molecule has 3 heterocycles. The van der Waals surface area contributed by atoms with Gasteiger partial charge in [0, 0.05) is 47.9 Å². The summed E-state index contributed by atoms with van der Waals surface area (Å²) >= 11 is 19.2. The lowest BCUT2D eigenvalue weighted by Gasteiger charge is -2.38. The van der Waals surface area contributed by atoms with E-state index in [-0.39, 0.29) is 53.4 Å². The lowest BCUT2D eigenvalue weighted by atomic mass is 9.95. The fourth-order valence-corrected chi connectivity index (χ4v) is 8.84. The van der Waals surface area contributed by atoms with Crippen LogP contribution in [-0.2, 0) is 25.3 Å². The molecule has 3 aromatic rings. The molecule has 3 aliphatic rings. The second-order valence-corrected chi connectivity index (χ2v) is 15.0. The maximum atomic E-state index is 15.0. The largest absolute Gasteiger partial charge is 0.493 e. The second-order valence-electron chi connectivity index (χ2n) is 11.9. The Morgan fingerprint density at radius 3 is 2.00 bits per heavy atom. The number of hydrogen-bond donors (Lipinski definition) is 3. The smallest absolute Gasteiger partial charge is 0.263 e. The number of amides is 2. The molecule has 0 saturated carbocycles. The number of piperidine rings is 1. The first-order valence-corrected chi connectivity index (χ1v) is 18.2. The summed E-state index contributed by atoms with van der Waals surface area (Å²) in [5.41, 5.74) is 0.126. The van der Waals surface area contributed by atoms with Crippen molar-refractivity contribution in [3.8, 4) is 5.75 Å². The van der Waals surface area contributed by atoms with Gasteiger partial charge in [0.2, 0.25) is 15.9 Å². The standard InChI is InChI=1S/C33H36Cl3N5O5S/c1-2-46-27-19-26(36)28(47(44,45)41-15-4-3-5-16-41)18-25(27)33(32(43)40-17-14-37-29(42)20-40)38-30(21-6-10-23(34)11-7-21)31(39-33)22-8-12-24(35)13-9-22/h6-13,18-19,30-31,38-39H,2-5,14-17,20H2,1H3,(H,37,42)/t30-,31+,33?. The van der Waals surface area contributed by atoms with Crippen LogP contribution in [0.5, 0.6) is 5.75 Å². The zero-order valence-electron chi connectivity index (χ0n) is 25.8. The molecule has 2 amide bonds. The van der Waals surface area contributed by atoms with Crippen molar-refractivity contribution in [2.75, 3.05) is 39.3 Å². The summed E-state index contributed by atoms with van der Waals surface area (Å²) in [6.07, 6.45) is 2.44. The Morgan fingerprint density at radius 2 is 1.47 bits per heavy atom. The second kappa shape index (κ2) is 13.9. The number of nitrogens with one attached hydrogen (secondary N) is 3. The Labute approximate surface area is 289 Å². The van der Waals surface area contributed by atoms with E-state index < -0.39 is 33.7 Å². The van der Waals surface area contributed by atoms with Crippen molar-refractivity contribution in [1.82, 2.24) is 25.2 Å². The number of halogens is 3. The first-order valence-electron chi connectivity index (χ1n) is 15.6. The average Bonchev–Trinajstić information content (AvgIpc) is 3.47. The van der Waals surface area contributed by atoms with Gasteiger partial charge in [0.25, 0.3) is 5.91 Å². The van der Waals surface area contributed by atoms with Crippen LogP contribution in [0.3, 0.4) is 0 Å². The summed E-state index contributed by atoms with van der Waals surface area (Å²) in [4.78, 5) is 28.9. The lowest BCUT2D eigenvalue weighted by molar-refractivity contribution is -0.144. The number of sulfonamides is 1. The summed E-state index contributed by atoms with van der Waals surface area (Å²) in [7, 11) is -4.03. The molecule has 10 nitrogen and oxygen atoms in total. The highest BCUT2D eigenvalue weighted by Crippen LogP contribution is 2.46. The Morgan fingerprint density at radius 1 is 0.894 bits per heavy atom. The molecule has 3 aliphatic heterocycles. The van der Waals surface area contributed by atoms with Crippen LogP contribution in [0.15, 0.2) is 65.6 Å². The van der Waals surface area contributed by atoms with E-state index in [0.29, 0.717) is 23.1 Å². The lowest BCUT2D eigenvalue weighted by Crippen LogP contribution is -2.62. The Kier molecular flexibility index (Phi) is 10.1. The predicted molar refractivity (Wildman–Crippen MR) is 181 cm³/mol. The molecule has 3 fully saturated rings. The van der Waals surface area contributed by atoms with Crippen molar-refractivity contribution in [2.24, 2.45) is 0 Å². The molecule has 6 rings (SSSR count). The van der Waals surface area contributed by atoms with Crippen LogP contribution in [0.25, 0.3) is 0 Å². The van der Waals surface area contributed by atoms with E-state index in [2.05, 4.69) is 16.0 Å². The van der Waals surface area contributed by atoms with Gasteiger partial charge in [0.1, 0.15) is 10.6 Å². The minimum absolute atomic E-state index is 0.00998. The van der Waals surface area contributed by atoms with Crippen LogP contribution in [0.1, 0.15) is 55.0 Å². The molecule has 3 atom stereocenters. The van der Waals surface area contributed by atoms with E-state index in [1.54, 1.807) is 31.2 Å². The third-order valence-electron chi connectivity index (χ3n) is 8.85. The van der Waals surface area contributed by atoms with Crippen molar-refractivity contribution in [1.29, 1.82) is 0 Å². The minimum Gasteiger partial charge on any atom is -0.493 e. The average molecular weight is 721 g/mol. The first kappa shape index (κ1) is 34.0. The van der Waals surface area contributed by atoms with Crippen LogP contribution >= 0.6 is 34.8 Å². The quantitative estimate of drug-likeness (QED) is 0.300. The first-order chi connectivity index (χ1) is 22.5. The van der Waals surface area contributed by atoms with E-state index in [1.807, 2.05) is 24.3 Å². The number of nitrogens with zero attached hydrogens (tertiary/aromatic N) is 2. The molecule has 0 aliphatic carbocycles. The molecule has 14 heteroatoms. The molecular weight excluding hydrogens is 685 g/mol. The number of rotatable bonds is 8. The van der Waals surface area contributed by atoms with Gasteiger partial charge in [-0.3, -0.25) is 20.2 Å². The number of hydrogen-bond acceptors (Lipinski definition) is 7. The van der Waals surface area contributed by atoms with Crippen LogP contribution < -0.4 is 20.7 Å². The molecule has 47 heavy (non-hydrogen) atoms. The van der Waals surface area contributed by atoms with Crippen molar-refractivity contribution in [3.63, 3.8) is 0 Å².